The third-order valence-corrected chi connectivity index (χ3v) is 8.58. The third-order valence-electron chi connectivity index (χ3n) is 6.69. The summed E-state index contributed by atoms with van der Waals surface area (Å²) in [7, 11) is -3.51. The average Bonchev–Trinajstić information content (AvgIpc) is 3.46. The molecule has 180 valence electrons. The molecule has 9 nitrogen and oxygen atoms in total. The van der Waals surface area contributed by atoms with Crippen molar-refractivity contribution in [3.05, 3.63) is 24.0 Å². The second-order valence-corrected chi connectivity index (χ2v) is 11.0. The highest BCUT2D eigenvalue weighted by Gasteiger charge is 2.29. The van der Waals surface area contributed by atoms with Gasteiger partial charge in [0.05, 0.1) is 21.8 Å². The number of sulfonamides is 1. The number of carbonyl (C=O) groups excluding carboxylic acids is 2. The maximum absolute atomic E-state index is 13.0. The molecule has 2 fully saturated rings. The molecule has 33 heavy (non-hydrogen) atoms. The van der Waals surface area contributed by atoms with Crippen molar-refractivity contribution in [1.82, 2.24) is 18.8 Å². The van der Waals surface area contributed by atoms with Crippen LogP contribution in [0, 0.1) is 5.92 Å². The Labute approximate surface area is 195 Å². The van der Waals surface area contributed by atoms with Crippen LogP contribution in [0.2, 0.25) is 0 Å². The van der Waals surface area contributed by atoms with E-state index < -0.39 is 10.0 Å². The Morgan fingerprint density at radius 3 is 2.61 bits per heavy atom. The van der Waals surface area contributed by atoms with Gasteiger partial charge >= 0.3 is 0 Å². The molecule has 0 saturated carbocycles. The Hall–Kier alpha value is -2.46. The van der Waals surface area contributed by atoms with Gasteiger partial charge in [0.25, 0.3) is 0 Å². The van der Waals surface area contributed by atoms with Crippen LogP contribution < -0.4 is 5.73 Å². The fraction of sp³-hybridized carbons (Fsp3) is 0.609. The normalized spacial score (nSPS) is 19.9. The van der Waals surface area contributed by atoms with Crippen LogP contribution in [0.25, 0.3) is 11.0 Å². The van der Waals surface area contributed by atoms with Gasteiger partial charge in [-0.15, -0.1) is 0 Å². The fourth-order valence-corrected chi connectivity index (χ4v) is 6.41. The van der Waals surface area contributed by atoms with Crippen LogP contribution in [0.5, 0.6) is 0 Å². The highest BCUT2D eigenvalue weighted by Crippen LogP contribution is 2.26. The first-order valence-electron chi connectivity index (χ1n) is 11.9. The van der Waals surface area contributed by atoms with Crippen LogP contribution in [0.4, 0.5) is 0 Å². The predicted octanol–water partition coefficient (Wildman–Crippen LogP) is 1.89. The summed E-state index contributed by atoms with van der Waals surface area (Å²) in [4.78, 5) is 31.1. The Morgan fingerprint density at radius 1 is 1.15 bits per heavy atom. The quantitative estimate of drug-likeness (QED) is 0.625. The van der Waals surface area contributed by atoms with Gasteiger partial charge in [0.2, 0.25) is 21.8 Å². The van der Waals surface area contributed by atoms with E-state index in [2.05, 4.69) is 11.5 Å². The van der Waals surface area contributed by atoms with Crippen molar-refractivity contribution in [3.63, 3.8) is 0 Å². The molecule has 1 aromatic heterocycles. The number of nitrogens with two attached hydrogens (primary N) is 1. The minimum absolute atomic E-state index is 0.00615. The number of primary amides is 1. The Bertz CT molecular complexity index is 1140. The fourth-order valence-electron chi connectivity index (χ4n) is 4.87. The summed E-state index contributed by atoms with van der Waals surface area (Å²) in [5.41, 5.74) is 6.96. The molecule has 1 aromatic carbocycles. The number of fused-ring (bicyclic) bond motifs is 1. The molecule has 0 spiro atoms. The third kappa shape index (κ3) is 4.91. The first-order valence-corrected chi connectivity index (χ1v) is 13.3. The number of carbonyl (C=O) groups is 2. The van der Waals surface area contributed by atoms with Gasteiger partial charge in [-0.25, -0.2) is 13.4 Å². The maximum Gasteiger partial charge on any atom is 0.243 e. The van der Waals surface area contributed by atoms with Gasteiger partial charge in [0.15, 0.2) is 0 Å². The maximum atomic E-state index is 13.0. The second-order valence-electron chi connectivity index (χ2n) is 9.02. The molecule has 10 heteroatoms. The van der Waals surface area contributed by atoms with E-state index in [1.54, 1.807) is 17.0 Å². The molecule has 1 unspecified atom stereocenters. The van der Waals surface area contributed by atoms with Gasteiger partial charge < -0.3 is 15.2 Å². The van der Waals surface area contributed by atoms with Gasteiger partial charge in [0.1, 0.15) is 5.82 Å². The summed E-state index contributed by atoms with van der Waals surface area (Å²) in [5, 5.41) is 0. The SMILES string of the molecule is CCCn1c(CCC(=O)N2CCCC(C(N)=O)C2)nc2cc(S(=O)(=O)N3CCCC3)ccc21. The summed E-state index contributed by atoms with van der Waals surface area (Å²) in [6, 6.07) is 5.15. The van der Waals surface area contributed by atoms with Crippen LogP contribution >= 0.6 is 0 Å². The molecule has 2 N–H and O–H groups in total. The zero-order chi connectivity index (χ0) is 23.6. The van der Waals surface area contributed by atoms with E-state index >= 15 is 0 Å². The molecule has 0 aliphatic carbocycles. The van der Waals surface area contributed by atoms with Crippen molar-refractivity contribution in [2.24, 2.45) is 11.7 Å². The van der Waals surface area contributed by atoms with Gasteiger partial charge in [-0.1, -0.05) is 6.92 Å². The van der Waals surface area contributed by atoms with Gasteiger partial charge in [-0.3, -0.25) is 9.59 Å². The summed E-state index contributed by atoms with van der Waals surface area (Å²) in [6.07, 6.45) is 4.93. The number of imidazole rings is 1. The first kappa shape index (κ1) is 23.7. The van der Waals surface area contributed by atoms with Crippen LogP contribution in [0.3, 0.4) is 0 Å². The average molecular weight is 476 g/mol. The summed E-state index contributed by atoms with van der Waals surface area (Å²) in [5.74, 6) is 0.146. The summed E-state index contributed by atoms with van der Waals surface area (Å²) >= 11 is 0. The van der Waals surface area contributed by atoms with E-state index in [4.69, 9.17) is 10.7 Å². The largest absolute Gasteiger partial charge is 0.369 e. The van der Waals surface area contributed by atoms with Crippen molar-refractivity contribution >= 4 is 32.9 Å². The molecule has 1 atom stereocenters. The number of hydrogen-bond acceptors (Lipinski definition) is 5. The molecule has 2 aliphatic heterocycles. The lowest BCUT2D eigenvalue weighted by molar-refractivity contribution is -0.134. The van der Waals surface area contributed by atoms with E-state index in [-0.39, 0.29) is 29.0 Å². The van der Waals surface area contributed by atoms with Crippen molar-refractivity contribution in [3.8, 4) is 0 Å². The number of hydrogen-bond donors (Lipinski definition) is 1. The van der Waals surface area contributed by atoms with Crippen LogP contribution in [-0.2, 0) is 32.6 Å². The Balaban J connectivity index is 1.53. The highest BCUT2D eigenvalue weighted by molar-refractivity contribution is 7.89. The van der Waals surface area contributed by atoms with Gasteiger partial charge in [-0.05, 0) is 50.3 Å². The molecule has 2 aliphatic rings. The number of nitrogens with zero attached hydrogens (tertiary/aromatic N) is 4. The molecule has 4 rings (SSSR count). The zero-order valence-electron chi connectivity index (χ0n) is 19.2. The number of aryl methyl sites for hydroxylation is 2. The molecular formula is C23H33N5O4S. The number of rotatable bonds is 8. The number of benzene rings is 1. The highest BCUT2D eigenvalue weighted by atomic mass is 32.2. The topological polar surface area (TPSA) is 119 Å². The van der Waals surface area contributed by atoms with Crippen molar-refractivity contribution in [2.75, 3.05) is 26.2 Å². The lowest BCUT2D eigenvalue weighted by Gasteiger charge is -2.31. The molecule has 2 amide bonds. The number of aromatic nitrogens is 2. The van der Waals surface area contributed by atoms with Crippen molar-refractivity contribution in [2.45, 2.75) is 63.3 Å². The molecular weight excluding hydrogens is 442 g/mol. The van der Waals surface area contributed by atoms with E-state index in [1.165, 1.54) is 4.31 Å². The minimum atomic E-state index is -3.51. The summed E-state index contributed by atoms with van der Waals surface area (Å²) in [6.45, 7) is 4.97. The molecule has 2 aromatic rings. The van der Waals surface area contributed by atoms with Crippen LogP contribution in [-0.4, -0.2) is 65.2 Å². The van der Waals surface area contributed by atoms with Gasteiger partial charge in [-0.2, -0.15) is 4.31 Å². The molecule has 2 saturated heterocycles. The van der Waals surface area contributed by atoms with E-state index in [9.17, 15) is 18.0 Å². The van der Waals surface area contributed by atoms with Crippen molar-refractivity contribution in [1.29, 1.82) is 0 Å². The minimum Gasteiger partial charge on any atom is -0.369 e. The Kier molecular flexibility index (Phi) is 7.04. The molecule has 0 bridgehead atoms. The number of likely N-dealkylation sites (tertiary alicyclic amines) is 1. The van der Waals surface area contributed by atoms with E-state index in [1.807, 2.05) is 6.07 Å². The number of amides is 2. The van der Waals surface area contributed by atoms with E-state index in [0.29, 0.717) is 38.1 Å². The lowest BCUT2D eigenvalue weighted by atomic mass is 9.97. The second kappa shape index (κ2) is 9.80. The Morgan fingerprint density at radius 2 is 1.91 bits per heavy atom. The van der Waals surface area contributed by atoms with E-state index in [0.717, 1.165) is 50.0 Å². The predicted molar refractivity (Wildman–Crippen MR) is 125 cm³/mol. The zero-order valence-corrected chi connectivity index (χ0v) is 20.0. The molecule has 0 radical (unpaired) electrons. The first-order chi connectivity index (χ1) is 15.8. The van der Waals surface area contributed by atoms with Crippen LogP contribution in [0.15, 0.2) is 23.1 Å². The van der Waals surface area contributed by atoms with Crippen LogP contribution in [0.1, 0.15) is 51.3 Å². The monoisotopic (exact) mass is 475 g/mol. The molecule has 3 heterocycles. The number of piperidine rings is 1. The summed E-state index contributed by atoms with van der Waals surface area (Å²) < 4.78 is 29.6. The smallest absolute Gasteiger partial charge is 0.243 e. The lowest BCUT2D eigenvalue weighted by Crippen LogP contribution is -2.44. The standard InChI is InChI=1S/C23H33N5O4S/c1-2-11-28-20-8-7-18(33(31,32)27-13-3-4-14-27)15-19(20)25-21(28)9-10-22(29)26-12-5-6-17(16-26)23(24)30/h7-8,15,17H,2-6,9-14,16H2,1H3,(H2,24,30). The van der Waals surface area contributed by atoms with Crippen molar-refractivity contribution < 1.29 is 18.0 Å². The van der Waals surface area contributed by atoms with Gasteiger partial charge in [0, 0.05) is 45.6 Å².